The van der Waals surface area contributed by atoms with Crippen molar-refractivity contribution in [3.63, 3.8) is 0 Å². The summed E-state index contributed by atoms with van der Waals surface area (Å²) in [6.45, 7) is 0.329. The van der Waals surface area contributed by atoms with E-state index in [1.807, 2.05) is 30.3 Å². The zero-order chi connectivity index (χ0) is 13.7. The summed E-state index contributed by atoms with van der Waals surface area (Å²) in [6, 6.07) is 14.0. The second kappa shape index (κ2) is 6.55. The van der Waals surface area contributed by atoms with Gasteiger partial charge in [-0.1, -0.05) is 41.9 Å². The molecule has 2 N–H and O–H groups in total. The zero-order valence-electron chi connectivity index (χ0n) is 10.4. The van der Waals surface area contributed by atoms with Crippen molar-refractivity contribution in [1.29, 1.82) is 0 Å². The highest BCUT2D eigenvalue weighted by Crippen LogP contribution is 2.19. The summed E-state index contributed by atoms with van der Waals surface area (Å²) in [5.74, 6) is 0.351. The fourth-order valence-corrected chi connectivity index (χ4v) is 1.96. The number of rotatable bonds is 5. The van der Waals surface area contributed by atoms with Crippen molar-refractivity contribution in [2.75, 3.05) is 6.61 Å². The molecule has 2 aromatic rings. The molecule has 2 rings (SSSR count). The summed E-state index contributed by atoms with van der Waals surface area (Å²) in [6.07, 6.45) is 0.388. The maximum Gasteiger partial charge on any atom is 0.145 e. The van der Waals surface area contributed by atoms with E-state index in [1.54, 1.807) is 12.1 Å². The Labute approximate surface area is 117 Å². The van der Waals surface area contributed by atoms with E-state index < -0.39 is 5.82 Å². The van der Waals surface area contributed by atoms with E-state index in [9.17, 15) is 4.39 Å². The Hall–Kier alpha value is -1.58. The van der Waals surface area contributed by atoms with Gasteiger partial charge in [0.1, 0.15) is 18.2 Å². The van der Waals surface area contributed by atoms with Gasteiger partial charge in [0, 0.05) is 6.04 Å². The van der Waals surface area contributed by atoms with Crippen LogP contribution < -0.4 is 10.5 Å². The molecule has 0 saturated carbocycles. The zero-order valence-corrected chi connectivity index (χ0v) is 11.1. The lowest BCUT2D eigenvalue weighted by Crippen LogP contribution is -2.30. The third kappa shape index (κ3) is 3.94. The highest BCUT2D eigenvalue weighted by Gasteiger charge is 2.11. The molecule has 0 radical (unpaired) electrons. The number of halogens is 2. The fourth-order valence-electron chi connectivity index (χ4n) is 1.77. The Kier molecular flexibility index (Phi) is 4.77. The first-order valence-corrected chi connectivity index (χ1v) is 6.41. The number of nitrogens with two attached hydrogens (primary N) is 1. The van der Waals surface area contributed by atoms with Crippen LogP contribution in [0.25, 0.3) is 0 Å². The van der Waals surface area contributed by atoms with Gasteiger partial charge in [-0.3, -0.25) is 0 Å². The minimum absolute atomic E-state index is 0.119. The smallest absolute Gasteiger partial charge is 0.145 e. The molecule has 100 valence electrons. The van der Waals surface area contributed by atoms with Crippen molar-refractivity contribution >= 4 is 11.6 Å². The summed E-state index contributed by atoms with van der Waals surface area (Å²) < 4.78 is 19.2. The molecule has 0 fully saturated rings. The summed E-state index contributed by atoms with van der Waals surface area (Å²) in [4.78, 5) is 0. The van der Waals surface area contributed by atoms with E-state index in [1.165, 1.54) is 6.07 Å². The van der Waals surface area contributed by atoms with Crippen LogP contribution in [0.4, 0.5) is 4.39 Å². The van der Waals surface area contributed by atoms with Crippen LogP contribution in [-0.4, -0.2) is 12.6 Å². The summed E-state index contributed by atoms with van der Waals surface area (Å²) in [5, 5.41) is 0.119. The number of ether oxygens (including phenoxy) is 1. The van der Waals surface area contributed by atoms with E-state index >= 15 is 0 Å². The molecule has 0 saturated heterocycles. The Morgan fingerprint density at radius 2 is 1.84 bits per heavy atom. The average molecular weight is 280 g/mol. The topological polar surface area (TPSA) is 35.2 Å². The van der Waals surface area contributed by atoms with E-state index in [0.717, 1.165) is 5.75 Å². The van der Waals surface area contributed by atoms with Crippen LogP contribution in [0.2, 0.25) is 5.02 Å². The molecule has 0 aromatic heterocycles. The molecular formula is C15H15ClFNO. The van der Waals surface area contributed by atoms with E-state index in [2.05, 4.69) is 0 Å². The first kappa shape index (κ1) is 13.8. The average Bonchev–Trinajstić information content (AvgIpc) is 2.43. The van der Waals surface area contributed by atoms with Crippen LogP contribution in [0.3, 0.4) is 0 Å². The SMILES string of the molecule is NC(COc1ccccc1)Cc1cccc(Cl)c1F. The van der Waals surface area contributed by atoms with Crippen molar-refractivity contribution < 1.29 is 9.13 Å². The second-order valence-corrected chi connectivity index (χ2v) is 4.71. The van der Waals surface area contributed by atoms with Gasteiger partial charge in [0.15, 0.2) is 0 Å². The van der Waals surface area contributed by atoms with Crippen LogP contribution in [-0.2, 0) is 6.42 Å². The van der Waals surface area contributed by atoms with Crippen LogP contribution in [0, 0.1) is 5.82 Å². The normalized spacial score (nSPS) is 12.2. The molecule has 19 heavy (non-hydrogen) atoms. The Morgan fingerprint density at radius 3 is 2.58 bits per heavy atom. The third-order valence-corrected chi connectivity index (χ3v) is 3.01. The highest BCUT2D eigenvalue weighted by atomic mass is 35.5. The Morgan fingerprint density at radius 1 is 1.11 bits per heavy atom. The van der Waals surface area contributed by atoms with Crippen molar-refractivity contribution in [2.24, 2.45) is 5.73 Å². The molecule has 0 bridgehead atoms. The number of para-hydroxylation sites is 1. The molecule has 1 unspecified atom stereocenters. The third-order valence-electron chi connectivity index (χ3n) is 2.72. The highest BCUT2D eigenvalue weighted by molar-refractivity contribution is 6.30. The van der Waals surface area contributed by atoms with E-state index in [4.69, 9.17) is 22.1 Å². The molecule has 4 heteroatoms. The van der Waals surface area contributed by atoms with Gasteiger partial charge in [0.25, 0.3) is 0 Å². The van der Waals surface area contributed by atoms with Gasteiger partial charge < -0.3 is 10.5 Å². The maximum atomic E-state index is 13.7. The molecule has 2 aromatic carbocycles. The van der Waals surface area contributed by atoms with Gasteiger partial charge in [-0.05, 0) is 30.2 Å². The molecule has 2 nitrogen and oxygen atoms in total. The van der Waals surface area contributed by atoms with Crippen molar-refractivity contribution in [3.05, 3.63) is 64.9 Å². The largest absolute Gasteiger partial charge is 0.492 e. The van der Waals surface area contributed by atoms with E-state index in [0.29, 0.717) is 18.6 Å². The second-order valence-electron chi connectivity index (χ2n) is 4.30. The van der Waals surface area contributed by atoms with Gasteiger partial charge in [0.05, 0.1) is 5.02 Å². The minimum atomic E-state index is -0.403. The van der Waals surface area contributed by atoms with Crippen LogP contribution in [0.5, 0.6) is 5.75 Å². The predicted molar refractivity (Wildman–Crippen MR) is 75.0 cm³/mol. The van der Waals surface area contributed by atoms with Crippen molar-refractivity contribution in [3.8, 4) is 5.75 Å². The lowest BCUT2D eigenvalue weighted by atomic mass is 10.1. The van der Waals surface area contributed by atoms with Gasteiger partial charge >= 0.3 is 0 Å². The van der Waals surface area contributed by atoms with Gasteiger partial charge in [0.2, 0.25) is 0 Å². The molecule has 0 spiro atoms. The first-order valence-electron chi connectivity index (χ1n) is 6.03. The van der Waals surface area contributed by atoms with Crippen LogP contribution in [0.1, 0.15) is 5.56 Å². The van der Waals surface area contributed by atoms with Crippen LogP contribution in [0.15, 0.2) is 48.5 Å². The minimum Gasteiger partial charge on any atom is -0.492 e. The quantitative estimate of drug-likeness (QED) is 0.910. The lowest BCUT2D eigenvalue weighted by Gasteiger charge is -2.14. The molecule has 0 amide bonds. The Bertz CT molecular complexity index is 533. The maximum absolute atomic E-state index is 13.7. The summed E-state index contributed by atoms with van der Waals surface area (Å²) >= 11 is 5.72. The predicted octanol–water partition coefficient (Wildman–Crippen LogP) is 3.43. The van der Waals surface area contributed by atoms with Gasteiger partial charge in [-0.2, -0.15) is 0 Å². The Balaban J connectivity index is 1.91. The molecule has 0 aliphatic rings. The summed E-state index contributed by atoms with van der Waals surface area (Å²) in [7, 11) is 0. The van der Waals surface area contributed by atoms with Crippen molar-refractivity contribution in [2.45, 2.75) is 12.5 Å². The fraction of sp³-hybridized carbons (Fsp3) is 0.200. The number of benzene rings is 2. The number of hydrogen-bond acceptors (Lipinski definition) is 2. The standard InChI is InChI=1S/C15H15ClFNO/c16-14-8-4-5-11(15(14)17)9-12(18)10-19-13-6-2-1-3-7-13/h1-8,12H,9-10,18H2. The van der Waals surface area contributed by atoms with E-state index in [-0.39, 0.29) is 11.1 Å². The molecule has 1 atom stereocenters. The van der Waals surface area contributed by atoms with Gasteiger partial charge in [-0.15, -0.1) is 0 Å². The summed E-state index contributed by atoms with van der Waals surface area (Å²) in [5.41, 5.74) is 6.45. The van der Waals surface area contributed by atoms with Crippen LogP contribution >= 0.6 is 11.6 Å². The molecular weight excluding hydrogens is 265 g/mol. The number of hydrogen-bond donors (Lipinski definition) is 1. The van der Waals surface area contributed by atoms with Gasteiger partial charge in [-0.25, -0.2) is 4.39 Å². The molecule has 0 aliphatic carbocycles. The monoisotopic (exact) mass is 279 g/mol. The molecule has 0 aliphatic heterocycles. The lowest BCUT2D eigenvalue weighted by molar-refractivity contribution is 0.287. The van der Waals surface area contributed by atoms with Crippen molar-refractivity contribution in [1.82, 2.24) is 0 Å². The molecule has 0 heterocycles. The first-order chi connectivity index (χ1) is 9.16.